The third-order valence-electron chi connectivity index (χ3n) is 3.50. The summed E-state index contributed by atoms with van der Waals surface area (Å²) in [7, 11) is 0. The van der Waals surface area contributed by atoms with E-state index >= 15 is 0 Å². The predicted molar refractivity (Wildman–Crippen MR) is 98.9 cm³/mol. The van der Waals surface area contributed by atoms with E-state index in [0.717, 1.165) is 27.7 Å². The van der Waals surface area contributed by atoms with Gasteiger partial charge in [-0.3, -0.25) is 5.10 Å². The number of thioether (sulfide) groups is 1. The van der Waals surface area contributed by atoms with Crippen molar-refractivity contribution in [1.29, 1.82) is 0 Å². The number of rotatable bonds is 5. The Hall–Kier alpha value is -2.51. The van der Waals surface area contributed by atoms with Crippen molar-refractivity contribution in [1.82, 2.24) is 20.2 Å². The van der Waals surface area contributed by atoms with E-state index in [9.17, 15) is 4.39 Å². The van der Waals surface area contributed by atoms with E-state index in [1.165, 1.54) is 23.9 Å². The smallest absolute Gasteiger partial charge is 0.209 e. The van der Waals surface area contributed by atoms with Gasteiger partial charge in [0.2, 0.25) is 5.16 Å². The predicted octanol–water partition coefficient (Wildman–Crippen LogP) is 5.03. The summed E-state index contributed by atoms with van der Waals surface area (Å²) in [5, 5.41) is 10.8. The van der Waals surface area contributed by atoms with Gasteiger partial charge in [-0.1, -0.05) is 42.1 Å². The molecule has 0 aliphatic rings. The van der Waals surface area contributed by atoms with Gasteiger partial charge in [-0.15, -0.1) is 16.4 Å². The van der Waals surface area contributed by atoms with E-state index in [0.29, 0.717) is 10.9 Å². The maximum absolute atomic E-state index is 13.0. The van der Waals surface area contributed by atoms with Crippen LogP contribution in [0.2, 0.25) is 0 Å². The Morgan fingerprint density at radius 1 is 0.960 bits per heavy atom. The molecule has 0 saturated heterocycles. The first kappa shape index (κ1) is 16.0. The van der Waals surface area contributed by atoms with Crippen LogP contribution in [0.25, 0.3) is 22.0 Å². The first-order chi connectivity index (χ1) is 12.3. The molecular weight excluding hydrogens is 355 g/mol. The van der Waals surface area contributed by atoms with Gasteiger partial charge in [-0.2, -0.15) is 0 Å². The monoisotopic (exact) mass is 368 g/mol. The molecule has 2 aromatic heterocycles. The molecule has 2 aromatic carbocycles. The SMILES string of the molecule is Fc1ccc(-c2nc(CSc3n[nH]c(-c4ccccc4)n3)cs2)cc1. The summed E-state index contributed by atoms with van der Waals surface area (Å²) in [5.74, 6) is 1.20. The molecule has 0 bridgehead atoms. The van der Waals surface area contributed by atoms with Crippen molar-refractivity contribution in [2.75, 3.05) is 0 Å². The lowest BCUT2D eigenvalue weighted by Crippen LogP contribution is -1.84. The van der Waals surface area contributed by atoms with Crippen molar-refractivity contribution in [3.8, 4) is 22.0 Å². The van der Waals surface area contributed by atoms with Crippen molar-refractivity contribution in [2.24, 2.45) is 0 Å². The quantitative estimate of drug-likeness (QED) is 0.502. The van der Waals surface area contributed by atoms with E-state index in [1.54, 1.807) is 23.5 Å². The first-order valence-electron chi connectivity index (χ1n) is 7.59. The van der Waals surface area contributed by atoms with E-state index < -0.39 is 0 Å². The van der Waals surface area contributed by atoms with Crippen molar-refractivity contribution in [2.45, 2.75) is 10.9 Å². The van der Waals surface area contributed by atoms with Gasteiger partial charge in [0.1, 0.15) is 10.8 Å². The number of aromatic nitrogens is 4. The fraction of sp³-hybridized carbons (Fsp3) is 0.0556. The number of nitrogens with one attached hydrogen (secondary N) is 1. The molecule has 1 N–H and O–H groups in total. The molecule has 0 aliphatic carbocycles. The van der Waals surface area contributed by atoms with Gasteiger partial charge < -0.3 is 0 Å². The van der Waals surface area contributed by atoms with E-state index in [1.807, 2.05) is 35.7 Å². The molecule has 0 unspecified atom stereocenters. The highest BCUT2D eigenvalue weighted by atomic mass is 32.2. The van der Waals surface area contributed by atoms with Gasteiger partial charge in [-0.25, -0.2) is 14.4 Å². The summed E-state index contributed by atoms with van der Waals surface area (Å²) in [4.78, 5) is 9.10. The molecule has 0 amide bonds. The van der Waals surface area contributed by atoms with Gasteiger partial charge in [0.25, 0.3) is 0 Å². The molecule has 0 atom stereocenters. The Kier molecular flexibility index (Phi) is 4.58. The fourth-order valence-corrected chi connectivity index (χ4v) is 3.90. The molecule has 7 heteroatoms. The van der Waals surface area contributed by atoms with Gasteiger partial charge in [-0.05, 0) is 24.3 Å². The second-order valence-corrected chi connectivity index (χ2v) is 7.07. The summed E-state index contributed by atoms with van der Waals surface area (Å²) in [6.07, 6.45) is 0. The molecule has 124 valence electrons. The highest BCUT2D eigenvalue weighted by Gasteiger charge is 2.09. The average molecular weight is 368 g/mol. The second kappa shape index (κ2) is 7.16. The minimum atomic E-state index is -0.241. The Balaban J connectivity index is 1.42. The largest absolute Gasteiger partial charge is 0.258 e. The second-order valence-electron chi connectivity index (χ2n) is 5.27. The van der Waals surface area contributed by atoms with Gasteiger partial charge in [0, 0.05) is 22.3 Å². The van der Waals surface area contributed by atoms with Crippen LogP contribution in [-0.2, 0) is 5.75 Å². The average Bonchev–Trinajstić information content (AvgIpc) is 3.31. The molecule has 2 heterocycles. The molecule has 0 radical (unpaired) electrons. The number of nitrogens with zero attached hydrogens (tertiary/aromatic N) is 3. The number of hydrogen-bond donors (Lipinski definition) is 1. The number of halogens is 1. The maximum atomic E-state index is 13.0. The lowest BCUT2D eigenvalue weighted by molar-refractivity contribution is 0.628. The number of H-pyrrole nitrogens is 1. The first-order valence-corrected chi connectivity index (χ1v) is 9.45. The lowest BCUT2D eigenvalue weighted by atomic mass is 10.2. The summed E-state index contributed by atoms with van der Waals surface area (Å²) in [6, 6.07) is 16.3. The van der Waals surface area contributed by atoms with Crippen LogP contribution in [0.15, 0.2) is 65.1 Å². The Bertz CT molecular complexity index is 964. The van der Waals surface area contributed by atoms with Crippen molar-refractivity contribution >= 4 is 23.1 Å². The fourth-order valence-electron chi connectivity index (χ4n) is 2.27. The van der Waals surface area contributed by atoms with Crippen LogP contribution in [0.5, 0.6) is 0 Å². The maximum Gasteiger partial charge on any atom is 0.209 e. The van der Waals surface area contributed by atoms with Crippen LogP contribution in [0, 0.1) is 5.82 Å². The lowest BCUT2D eigenvalue weighted by Gasteiger charge is -1.96. The van der Waals surface area contributed by atoms with Crippen LogP contribution < -0.4 is 0 Å². The van der Waals surface area contributed by atoms with Crippen molar-refractivity contribution in [3.05, 3.63) is 71.5 Å². The van der Waals surface area contributed by atoms with Crippen LogP contribution in [0.1, 0.15) is 5.69 Å². The zero-order valence-corrected chi connectivity index (χ0v) is 14.6. The highest BCUT2D eigenvalue weighted by Crippen LogP contribution is 2.27. The Morgan fingerprint density at radius 2 is 1.76 bits per heavy atom. The van der Waals surface area contributed by atoms with Crippen molar-refractivity contribution in [3.63, 3.8) is 0 Å². The van der Waals surface area contributed by atoms with Gasteiger partial charge >= 0.3 is 0 Å². The molecule has 0 saturated carbocycles. The van der Waals surface area contributed by atoms with E-state index in [4.69, 9.17) is 0 Å². The Morgan fingerprint density at radius 3 is 2.56 bits per heavy atom. The zero-order valence-electron chi connectivity index (χ0n) is 13.0. The highest BCUT2D eigenvalue weighted by molar-refractivity contribution is 7.98. The Labute approximate surface area is 152 Å². The molecule has 4 nitrogen and oxygen atoms in total. The van der Waals surface area contributed by atoms with Crippen LogP contribution in [0.4, 0.5) is 4.39 Å². The standard InChI is InChI=1S/C18H13FN4S2/c19-14-8-6-13(7-9-14)17-20-15(10-24-17)11-25-18-21-16(22-23-18)12-4-2-1-3-5-12/h1-10H,11H2,(H,21,22,23). The van der Waals surface area contributed by atoms with E-state index in [-0.39, 0.29) is 5.82 Å². The summed E-state index contributed by atoms with van der Waals surface area (Å²) in [5.41, 5.74) is 2.89. The van der Waals surface area contributed by atoms with Gasteiger partial charge in [0.15, 0.2) is 5.82 Å². The number of aromatic amines is 1. The van der Waals surface area contributed by atoms with Gasteiger partial charge in [0.05, 0.1) is 5.69 Å². The van der Waals surface area contributed by atoms with Crippen molar-refractivity contribution < 1.29 is 4.39 Å². The van der Waals surface area contributed by atoms with Crippen LogP contribution in [-0.4, -0.2) is 20.2 Å². The molecule has 25 heavy (non-hydrogen) atoms. The number of thiazole rings is 1. The van der Waals surface area contributed by atoms with Crippen LogP contribution >= 0.6 is 23.1 Å². The number of hydrogen-bond acceptors (Lipinski definition) is 5. The summed E-state index contributed by atoms with van der Waals surface area (Å²) in [6.45, 7) is 0. The topological polar surface area (TPSA) is 54.5 Å². The molecule has 0 aliphatic heterocycles. The number of benzene rings is 2. The molecule has 0 spiro atoms. The molecule has 0 fully saturated rings. The summed E-state index contributed by atoms with van der Waals surface area (Å²) >= 11 is 3.08. The molecule has 4 rings (SSSR count). The molecular formula is C18H13FN4S2. The van der Waals surface area contributed by atoms with Crippen LogP contribution in [0.3, 0.4) is 0 Å². The third kappa shape index (κ3) is 3.78. The normalized spacial score (nSPS) is 10.9. The third-order valence-corrected chi connectivity index (χ3v) is 5.33. The zero-order chi connectivity index (χ0) is 17.1. The minimum absolute atomic E-state index is 0.241. The summed E-state index contributed by atoms with van der Waals surface area (Å²) < 4.78 is 13.0. The van der Waals surface area contributed by atoms with E-state index in [2.05, 4.69) is 20.2 Å². The molecule has 4 aromatic rings. The minimum Gasteiger partial charge on any atom is -0.258 e.